The lowest BCUT2D eigenvalue weighted by Gasteiger charge is -2.41. The number of hydrogen-bond acceptors (Lipinski definition) is 6. The van der Waals surface area contributed by atoms with Gasteiger partial charge in [0.1, 0.15) is 6.10 Å². The average molecular weight is 446 g/mol. The molecule has 0 aromatic carbocycles. The van der Waals surface area contributed by atoms with Gasteiger partial charge in [-0.25, -0.2) is 14.6 Å². The maximum absolute atomic E-state index is 12.3. The van der Waals surface area contributed by atoms with Gasteiger partial charge in [-0.1, -0.05) is 6.42 Å². The van der Waals surface area contributed by atoms with Crippen molar-refractivity contribution in [2.45, 2.75) is 57.6 Å². The van der Waals surface area contributed by atoms with Gasteiger partial charge in [-0.2, -0.15) is 0 Å². The smallest absolute Gasteiger partial charge is 0.328 e. The fraction of sp³-hybridized carbons (Fsp3) is 0.565. The molecule has 1 aromatic rings. The van der Waals surface area contributed by atoms with Crippen molar-refractivity contribution in [1.29, 1.82) is 0 Å². The summed E-state index contributed by atoms with van der Waals surface area (Å²) in [7, 11) is 0. The van der Waals surface area contributed by atoms with Crippen LogP contribution in [0.2, 0.25) is 0 Å². The van der Waals surface area contributed by atoms with E-state index in [-0.39, 0.29) is 12.0 Å². The molecule has 1 saturated carbocycles. The monoisotopic (exact) mass is 445 g/mol. The van der Waals surface area contributed by atoms with Gasteiger partial charge in [0.05, 0.1) is 11.3 Å². The van der Waals surface area contributed by atoms with Crippen LogP contribution in [0.25, 0.3) is 0 Å². The number of amides is 1. The Morgan fingerprint density at radius 1 is 1.09 bits per heavy atom. The molecule has 0 unspecified atom stereocenters. The molecule has 9 nitrogen and oxygen atoms in total. The maximum atomic E-state index is 12.3. The van der Waals surface area contributed by atoms with E-state index in [1.54, 1.807) is 0 Å². The van der Waals surface area contributed by atoms with Crippen LogP contribution < -0.4 is 4.74 Å². The van der Waals surface area contributed by atoms with Crippen LogP contribution in [0.4, 0.5) is 0 Å². The van der Waals surface area contributed by atoms with Crippen molar-refractivity contribution in [3.63, 3.8) is 0 Å². The summed E-state index contributed by atoms with van der Waals surface area (Å²) in [6.45, 7) is 5.83. The van der Waals surface area contributed by atoms with Gasteiger partial charge in [0.2, 0.25) is 5.88 Å². The fourth-order valence-corrected chi connectivity index (χ4v) is 4.17. The first-order valence-electron chi connectivity index (χ1n) is 11.2. The first kappa shape index (κ1) is 23.7. The second kappa shape index (κ2) is 11.1. The number of hydrogen-bond donors (Lipinski definition) is 2. The highest BCUT2D eigenvalue weighted by atomic mass is 16.5. The fourth-order valence-electron chi connectivity index (χ4n) is 4.17. The van der Waals surface area contributed by atoms with E-state index in [4.69, 9.17) is 14.9 Å². The Labute approximate surface area is 187 Å². The molecule has 3 aliphatic rings. The van der Waals surface area contributed by atoms with Gasteiger partial charge in [-0.3, -0.25) is 4.79 Å². The summed E-state index contributed by atoms with van der Waals surface area (Å²) in [5.74, 6) is -1.72. The van der Waals surface area contributed by atoms with Gasteiger partial charge in [0, 0.05) is 56.9 Å². The predicted molar refractivity (Wildman–Crippen MR) is 117 cm³/mol. The third kappa shape index (κ3) is 6.29. The average Bonchev–Trinajstić information content (AvgIpc) is 2.73. The summed E-state index contributed by atoms with van der Waals surface area (Å²) in [5.41, 5.74) is 1.64. The molecule has 1 saturated heterocycles. The van der Waals surface area contributed by atoms with Crippen molar-refractivity contribution in [2.75, 3.05) is 26.2 Å². The zero-order valence-electron chi connectivity index (χ0n) is 18.4. The first-order chi connectivity index (χ1) is 15.4. The molecule has 2 fully saturated rings. The van der Waals surface area contributed by atoms with Crippen LogP contribution >= 0.6 is 0 Å². The van der Waals surface area contributed by atoms with Crippen molar-refractivity contribution < 1.29 is 29.3 Å². The van der Waals surface area contributed by atoms with Gasteiger partial charge >= 0.3 is 11.9 Å². The van der Waals surface area contributed by atoms with Crippen LogP contribution in [0.3, 0.4) is 0 Å². The van der Waals surface area contributed by atoms with E-state index in [1.165, 1.54) is 19.3 Å². The van der Waals surface area contributed by atoms with Gasteiger partial charge < -0.3 is 24.7 Å². The normalized spacial score (nSPS) is 19.7. The van der Waals surface area contributed by atoms with Crippen molar-refractivity contribution in [3.8, 4) is 5.88 Å². The predicted octanol–water partition coefficient (Wildman–Crippen LogP) is 2.21. The second-order valence-corrected chi connectivity index (χ2v) is 8.23. The molecule has 0 spiro atoms. The highest BCUT2D eigenvalue weighted by Gasteiger charge is 2.30. The highest BCUT2D eigenvalue weighted by Crippen LogP contribution is 2.28. The van der Waals surface area contributed by atoms with E-state index in [9.17, 15) is 14.4 Å². The van der Waals surface area contributed by atoms with E-state index in [0.29, 0.717) is 18.0 Å². The quantitative estimate of drug-likeness (QED) is 0.640. The summed E-state index contributed by atoms with van der Waals surface area (Å²) in [6.07, 6.45) is 8.51. The van der Waals surface area contributed by atoms with Crippen LogP contribution in [-0.2, 0) is 16.0 Å². The number of carboxylic acids is 2. The lowest BCUT2D eigenvalue weighted by Crippen LogP contribution is -2.46. The number of aliphatic carboxylic acids is 2. The standard InChI is InChI=1S/C19H27N3O2.C4H4O4/c1-2-21-13-10-17-16(19(21)23)6-7-18(20-17)24-15-8-11-22(12-9-15)14-4-3-5-14;5-3(6)1-2-4(7)8/h6-7,14-15H,2-5,8-13H2,1H3;1-2H,(H,5,6)(H,7,8)/b;2-1+. The van der Waals surface area contributed by atoms with Gasteiger partial charge in [-0.15, -0.1) is 0 Å². The molecule has 2 aliphatic heterocycles. The lowest BCUT2D eigenvalue weighted by atomic mass is 9.90. The molecule has 0 atom stereocenters. The number of carboxylic acid groups (broad SMARTS) is 2. The molecule has 4 rings (SSSR count). The molecule has 3 heterocycles. The molecule has 0 bridgehead atoms. The van der Waals surface area contributed by atoms with Crippen molar-refractivity contribution in [2.24, 2.45) is 0 Å². The Balaban J connectivity index is 0.000000312. The van der Waals surface area contributed by atoms with Crippen LogP contribution in [0.15, 0.2) is 24.3 Å². The van der Waals surface area contributed by atoms with Crippen LogP contribution in [0.5, 0.6) is 5.88 Å². The number of rotatable bonds is 6. The highest BCUT2D eigenvalue weighted by molar-refractivity contribution is 5.96. The number of aromatic nitrogens is 1. The molecule has 1 amide bonds. The second-order valence-electron chi connectivity index (χ2n) is 8.23. The topological polar surface area (TPSA) is 120 Å². The molecule has 174 valence electrons. The molecule has 0 radical (unpaired) electrons. The van der Waals surface area contributed by atoms with Crippen molar-refractivity contribution >= 4 is 17.8 Å². The number of nitrogens with zero attached hydrogens (tertiary/aromatic N) is 3. The molecular formula is C23H31N3O6. The Bertz CT molecular complexity index is 843. The minimum Gasteiger partial charge on any atom is -0.478 e. The number of pyridine rings is 1. The maximum Gasteiger partial charge on any atom is 0.328 e. The lowest BCUT2D eigenvalue weighted by molar-refractivity contribution is -0.134. The van der Waals surface area contributed by atoms with Gasteiger partial charge in [-0.05, 0) is 38.7 Å². The minimum atomic E-state index is -1.26. The Morgan fingerprint density at radius 2 is 1.75 bits per heavy atom. The number of ether oxygens (including phenoxy) is 1. The number of likely N-dealkylation sites (tertiary alicyclic amines) is 1. The summed E-state index contributed by atoms with van der Waals surface area (Å²) in [6, 6.07) is 4.60. The third-order valence-electron chi connectivity index (χ3n) is 6.19. The van der Waals surface area contributed by atoms with Crippen LogP contribution in [0, 0.1) is 0 Å². The Hall–Kier alpha value is -2.94. The van der Waals surface area contributed by atoms with Crippen LogP contribution in [0.1, 0.15) is 55.1 Å². The Morgan fingerprint density at radius 3 is 2.28 bits per heavy atom. The molecule has 1 aromatic heterocycles. The number of piperidine rings is 1. The molecule has 32 heavy (non-hydrogen) atoms. The Kier molecular flexibility index (Phi) is 8.21. The summed E-state index contributed by atoms with van der Waals surface area (Å²) < 4.78 is 6.13. The van der Waals surface area contributed by atoms with Crippen LogP contribution in [-0.4, -0.2) is 81.2 Å². The number of carbonyl (C=O) groups is 3. The zero-order valence-corrected chi connectivity index (χ0v) is 18.4. The zero-order chi connectivity index (χ0) is 23.1. The third-order valence-corrected chi connectivity index (χ3v) is 6.19. The van der Waals surface area contributed by atoms with E-state index in [2.05, 4.69) is 9.88 Å². The van der Waals surface area contributed by atoms with Gasteiger partial charge in [0.15, 0.2) is 0 Å². The largest absolute Gasteiger partial charge is 0.478 e. The summed E-state index contributed by atoms with van der Waals surface area (Å²) in [4.78, 5) is 40.6. The SMILES string of the molecule is CCN1CCc2nc(OC3CCN(C4CCC4)CC3)ccc2C1=O.O=C(O)/C=C/C(=O)O. The summed E-state index contributed by atoms with van der Waals surface area (Å²) >= 11 is 0. The van der Waals surface area contributed by atoms with Crippen molar-refractivity contribution in [1.82, 2.24) is 14.8 Å². The number of fused-ring (bicyclic) bond motifs is 1. The summed E-state index contributed by atoms with van der Waals surface area (Å²) in [5, 5.41) is 15.6. The van der Waals surface area contributed by atoms with Crippen molar-refractivity contribution in [3.05, 3.63) is 35.5 Å². The minimum absolute atomic E-state index is 0.103. The van der Waals surface area contributed by atoms with E-state index >= 15 is 0 Å². The number of carbonyl (C=O) groups excluding carboxylic acids is 1. The van der Waals surface area contributed by atoms with E-state index in [1.807, 2.05) is 24.0 Å². The van der Waals surface area contributed by atoms with Gasteiger partial charge in [0.25, 0.3) is 5.91 Å². The molecular weight excluding hydrogens is 414 g/mol. The molecule has 2 N–H and O–H groups in total. The first-order valence-corrected chi connectivity index (χ1v) is 11.2. The van der Waals surface area contributed by atoms with E-state index < -0.39 is 11.9 Å². The number of likely N-dealkylation sites (N-methyl/N-ethyl adjacent to an activating group) is 1. The van der Waals surface area contributed by atoms with E-state index in [0.717, 1.165) is 62.7 Å². The molecule has 1 aliphatic carbocycles. The molecule has 9 heteroatoms.